The number of hydrazine groups is 1. The number of thioether (sulfide) groups is 1. The van der Waals surface area contributed by atoms with Crippen LogP contribution in [0.2, 0.25) is 0 Å². The quantitative estimate of drug-likeness (QED) is 0.370. The molecular formula is C17H15N3OS3. The molecule has 0 radical (unpaired) electrons. The molecule has 0 aliphatic carbocycles. The lowest BCUT2D eigenvalue weighted by Gasteiger charge is -2.30. The van der Waals surface area contributed by atoms with Gasteiger partial charge in [-0.05, 0) is 58.7 Å². The zero-order chi connectivity index (χ0) is 17.5. The molecule has 0 saturated heterocycles. The highest BCUT2D eigenvalue weighted by Crippen LogP contribution is 2.32. The van der Waals surface area contributed by atoms with E-state index in [4.69, 9.17) is 17.5 Å². The molecule has 122 valence electrons. The van der Waals surface area contributed by atoms with E-state index in [1.165, 1.54) is 0 Å². The third-order valence-corrected chi connectivity index (χ3v) is 4.46. The second-order valence-electron chi connectivity index (χ2n) is 4.86. The summed E-state index contributed by atoms with van der Waals surface area (Å²) in [7, 11) is 4.63. The first-order chi connectivity index (χ1) is 11.6. The van der Waals surface area contributed by atoms with Gasteiger partial charge in [-0.1, -0.05) is 30.3 Å². The summed E-state index contributed by atoms with van der Waals surface area (Å²) < 4.78 is 2.46. The Morgan fingerprint density at radius 3 is 2.38 bits per heavy atom. The summed E-state index contributed by atoms with van der Waals surface area (Å²) in [5.74, 6) is 0. The fourth-order valence-corrected chi connectivity index (χ4v) is 3.25. The molecule has 0 unspecified atom stereocenters. The van der Waals surface area contributed by atoms with Gasteiger partial charge in [0.2, 0.25) is 5.17 Å². The number of benzene rings is 2. The number of hydrogen-bond donors (Lipinski definition) is 1. The molecule has 4 nitrogen and oxygen atoms in total. The normalized spacial score (nSPS) is 9.96. The molecule has 0 aromatic heterocycles. The highest BCUT2D eigenvalue weighted by molar-refractivity contribution is 8.04. The fourth-order valence-electron chi connectivity index (χ4n) is 2.23. The summed E-state index contributed by atoms with van der Waals surface area (Å²) in [5, 5.41) is 24.6. The van der Waals surface area contributed by atoms with Crippen molar-refractivity contribution in [3.05, 3.63) is 48.5 Å². The van der Waals surface area contributed by atoms with E-state index in [0.29, 0.717) is 0 Å². The molecule has 0 fully saturated rings. The van der Waals surface area contributed by atoms with E-state index in [1.807, 2.05) is 62.6 Å². The Bertz CT molecular complexity index is 846. The number of nitriles is 1. The Kier molecular flexibility index (Phi) is 6.76. The first kappa shape index (κ1) is 18.4. The molecule has 0 atom stereocenters. The van der Waals surface area contributed by atoms with Crippen molar-refractivity contribution < 1.29 is 5.11 Å². The highest BCUT2D eigenvalue weighted by atomic mass is 32.2. The molecule has 2 rings (SSSR count). The molecule has 0 saturated carbocycles. The smallest absolute Gasteiger partial charge is 0.227 e. The minimum atomic E-state index is 0.0270. The van der Waals surface area contributed by atoms with Gasteiger partial charge in [0.05, 0.1) is 5.69 Å². The van der Waals surface area contributed by atoms with Gasteiger partial charge in [-0.25, -0.2) is 10.0 Å². The average Bonchev–Trinajstić information content (AvgIpc) is 2.56. The molecule has 0 spiro atoms. The van der Waals surface area contributed by atoms with Gasteiger partial charge in [0.15, 0.2) is 0 Å². The van der Waals surface area contributed by atoms with Gasteiger partial charge in [-0.3, -0.25) is 0 Å². The van der Waals surface area contributed by atoms with Crippen molar-refractivity contribution >= 4 is 50.1 Å². The largest absolute Gasteiger partial charge is 0.337 e. The molecule has 2 aromatic carbocycles. The van der Waals surface area contributed by atoms with Crippen LogP contribution in [0.25, 0.3) is 11.1 Å². The van der Waals surface area contributed by atoms with Gasteiger partial charge < -0.3 is 5.11 Å². The van der Waals surface area contributed by atoms with Gasteiger partial charge in [0.1, 0.15) is 5.40 Å². The SMILES string of the molecule is CN(C)N(C(O)=S=C=S)c1ccccc1-c1ccc(SC#N)cc1. The Hall–Kier alpha value is -1.91. The fraction of sp³-hybridized carbons (Fsp3) is 0.118. The Balaban J connectivity index is 2.55. The van der Waals surface area contributed by atoms with Gasteiger partial charge in [-0.2, -0.15) is 5.26 Å². The topological polar surface area (TPSA) is 50.5 Å². The molecule has 1 N–H and O–H groups in total. The van der Waals surface area contributed by atoms with Crippen LogP contribution in [0.3, 0.4) is 0 Å². The van der Waals surface area contributed by atoms with Crippen LogP contribution in [0.5, 0.6) is 0 Å². The number of aliphatic hydroxyl groups is 1. The highest BCUT2D eigenvalue weighted by Gasteiger charge is 2.17. The zero-order valence-electron chi connectivity index (χ0n) is 13.1. The molecule has 0 amide bonds. The van der Waals surface area contributed by atoms with E-state index in [1.54, 1.807) is 10.0 Å². The maximum Gasteiger partial charge on any atom is 0.227 e. The van der Waals surface area contributed by atoms with Crippen molar-refractivity contribution in [3.8, 4) is 16.5 Å². The van der Waals surface area contributed by atoms with E-state index >= 15 is 0 Å². The third-order valence-electron chi connectivity index (χ3n) is 3.18. The molecule has 7 heteroatoms. The number of anilines is 1. The summed E-state index contributed by atoms with van der Waals surface area (Å²) in [6, 6.07) is 15.5. The van der Waals surface area contributed by atoms with E-state index < -0.39 is 0 Å². The Labute approximate surface area is 154 Å². The predicted molar refractivity (Wildman–Crippen MR) is 107 cm³/mol. The van der Waals surface area contributed by atoms with Crippen molar-refractivity contribution in [1.82, 2.24) is 5.01 Å². The lowest BCUT2D eigenvalue weighted by molar-refractivity contribution is 0.393. The van der Waals surface area contributed by atoms with Crippen molar-refractivity contribution in [2.24, 2.45) is 0 Å². The van der Waals surface area contributed by atoms with Crippen molar-refractivity contribution in [2.45, 2.75) is 4.90 Å². The summed E-state index contributed by atoms with van der Waals surface area (Å²) in [4.78, 5) is 0.892. The maximum atomic E-state index is 10.3. The second kappa shape index (κ2) is 8.81. The van der Waals surface area contributed by atoms with Crippen molar-refractivity contribution in [2.75, 3.05) is 19.1 Å². The maximum absolute atomic E-state index is 10.3. The number of rotatable bonds is 4. The molecule has 0 heterocycles. The van der Waals surface area contributed by atoms with Crippen LogP contribution in [0.1, 0.15) is 0 Å². The van der Waals surface area contributed by atoms with E-state index in [0.717, 1.165) is 44.4 Å². The first-order valence-electron chi connectivity index (χ1n) is 6.91. The molecule has 2 aromatic rings. The Morgan fingerprint density at radius 1 is 1.12 bits per heavy atom. The number of hydrogen-bond acceptors (Lipinski definition) is 4. The second-order valence-corrected chi connectivity index (χ2v) is 6.96. The van der Waals surface area contributed by atoms with Gasteiger partial charge in [0, 0.05) is 28.9 Å². The minimum Gasteiger partial charge on any atom is -0.337 e. The van der Waals surface area contributed by atoms with Crippen LogP contribution in [0.4, 0.5) is 5.69 Å². The number of para-hydroxylation sites is 1. The van der Waals surface area contributed by atoms with Crippen LogP contribution >= 0.6 is 34.9 Å². The lowest BCUT2D eigenvalue weighted by atomic mass is 10.0. The number of thiocarbonyl (C=S) groups is 1. The number of thiocyanates is 1. The number of aliphatic hydroxyl groups excluding tert-OH is 1. The van der Waals surface area contributed by atoms with Gasteiger partial charge in [-0.15, -0.1) is 0 Å². The minimum absolute atomic E-state index is 0.0270. The molecule has 24 heavy (non-hydrogen) atoms. The van der Waals surface area contributed by atoms with E-state index in [-0.39, 0.29) is 5.17 Å². The van der Waals surface area contributed by atoms with Crippen LogP contribution in [-0.2, 0) is 0 Å². The molecule has 0 aliphatic rings. The first-order valence-corrected chi connectivity index (χ1v) is 8.95. The zero-order valence-corrected chi connectivity index (χ0v) is 15.6. The number of nitrogens with zero attached hydrogens (tertiary/aromatic N) is 3. The van der Waals surface area contributed by atoms with Crippen LogP contribution in [-0.4, -0.2) is 33.7 Å². The lowest BCUT2D eigenvalue weighted by Crippen LogP contribution is -2.41. The summed E-state index contributed by atoms with van der Waals surface area (Å²) in [6.07, 6.45) is 0. The van der Waals surface area contributed by atoms with Crippen molar-refractivity contribution in [1.29, 1.82) is 5.26 Å². The van der Waals surface area contributed by atoms with Crippen molar-refractivity contribution in [3.63, 3.8) is 0 Å². The molecular weight excluding hydrogens is 358 g/mol. The van der Waals surface area contributed by atoms with Gasteiger partial charge >= 0.3 is 0 Å². The summed E-state index contributed by atoms with van der Waals surface area (Å²) >= 11 is 5.83. The van der Waals surface area contributed by atoms with Gasteiger partial charge in [0.25, 0.3) is 0 Å². The summed E-state index contributed by atoms with van der Waals surface area (Å²) in [6.45, 7) is 0. The summed E-state index contributed by atoms with van der Waals surface area (Å²) in [5.41, 5.74) is 2.76. The van der Waals surface area contributed by atoms with E-state index in [2.05, 4.69) is 9.72 Å². The average molecular weight is 374 g/mol. The van der Waals surface area contributed by atoms with Crippen LogP contribution in [0, 0.1) is 10.7 Å². The van der Waals surface area contributed by atoms with Crippen LogP contribution < -0.4 is 5.01 Å². The monoisotopic (exact) mass is 373 g/mol. The predicted octanol–water partition coefficient (Wildman–Crippen LogP) is 4.42. The van der Waals surface area contributed by atoms with E-state index in [9.17, 15) is 5.11 Å². The van der Waals surface area contributed by atoms with Crippen LogP contribution in [0.15, 0.2) is 53.4 Å². The molecule has 0 aliphatic heterocycles. The standard InChI is InChI=1S/C17H15N3OS3/c1-19(2)20(17(21)24-12-22)16-6-4-3-5-15(16)13-7-9-14(10-8-13)23-11-18/h3-10,21H,1-2H3. The molecule has 0 bridgehead atoms. The third kappa shape index (κ3) is 4.34. The Morgan fingerprint density at radius 2 is 1.79 bits per heavy atom.